The first kappa shape index (κ1) is 17.0. The minimum Gasteiger partial charge on any atom is -0.461 e. The average Bonchev–Trinajstić information content (AvgIpc) is 2.93. The highest BCUT2D eigenvalue weighted by molar-refractivity contribution is 5.81. The van der Waals surface area contributed by atoms with Crippen LogP contribution in [0.25, 0.3) is 11.2 Å². The zero-order chi connectivity index (χ0) is 17.8. The molecule has 8 nitrogen and oxygen atoms in total. The quantitative estimate of drug-likeness (QED) is 0.627. The first-order valence-corrected chi connectivity index (χ1v) is 8.08. The number of benzene rings is 1. The molecule has 0 amide bonds. The lowest BCUT2D eigenvalue weighted by molar-refractivity contribution is 0.141. The second-order valence-corrected chi connectivity index (χ2v) is 5.62. The summed E-state index contributed by atoms with van der Waals surface area (Å²) in [5, 5.41) is 0. The number of nitrogens with zero attached hydrogens (tertiary/aromatic N) is 3. The van der Waals surface area contributed by atoms with Gasteiger partial charge in [-0.05, 0) is 17.5 Å². The molecule has 2 heterocycles. The molecule has 3 N–H and O–H groups in total. The molecule has 0 saturated heterocycles. The van der Waals surface area contributed by atoms with Gasteiger partial charge in [0.1, 0.15) is 12.1 Å². The number of nitrogens with two attached hydrogens (primary N) is 1. The van der Waals surface area contributed by atoms with Crippen LogP contribution in [0.5, 0.6) is 6.01 Å². The molecule has 0 bridgehead atoms. The van der Waals surface area contributed by atoms with E-state index in [0.29, 0.717) is 30.9 Å². The molecule has 0 atom stereocenters. The minimum absolute atomic E-state index is 0.121. The Kier molecular flexibility index (Phi) is 4.99. The van der Waals surface area contributed by atoms with Gasteiger partial charge in [0.05, 0.1) is 13.2 Å². The van der Waals surface area contributed by atoms with Crippen LogP contribution in [-0.4, -0.2) is 39.8 Å². The highest BCUT2D eigenvalue weighted by Crippen LogP contribution is 2.18. The van der Waals surface area contributed by atoms with Crippen molar-refractivity contribution in [1.29, 1.82) is 0 Å². The Morgan fingerprint density at radius 1 is 1.16 bits per heavy atom. The van der Waals surface area contributed by atoms with Gasteiger partial charge in [0.2, 0.25) is 0 Å². The number of H-pyrrole nitrogens is 1. The number of ether oxygens (including phenoxy) is 2. The van der Waals surface area contributed by atoms with Crippen molar-refractivity contribution < 1.29 is 9.47 Å². The molecule has 0 aliphatic heterocycles. The Morgan fingerprint density at radius 2 is 1.88 bits per heavy atom. The number of imidazole rings is 1. The maximum atomic E-state index is 12.3. The third-order valence-electron chi connectivity index (χ3n) is 3.92. The van der Waals surface area contributed by atoms with Gasteiger partial charge in [-0.1, -0.05) is 31.2 Å². The predicted molar refractivity (Wildman–Crippen MR) is 94.9 cm³/mol. The molecular formula is C17H21N5O3. The van der Waals surface area contributed by atoms with Gasteiger partial charge in [0, 0.05) is 7.11 Å². The van der Waals surface area contributed by atoms with Crippen molar-refractivity contribution in [1.82, 2.24) is 19.5 Å². The van der Waals surface area contributed by atoms with Gasteiger partial charge < -0.3 is 20.2 Å². The Morgan fingerprint density at radius 3 is 2.56 bits per heavy atom. The Hall–Kier alpha value is -2.87. The zero-order valence-corrected chi connectivity index (χ0v) is 14.3. The number of aromatic nitrogens is 4. The predicted octanol–water partition coefficient (Wildman–Crippen LogP) is 1.34. The standard InChI is InChI=1S/C17H21N5O3/c1-3-11-4-6-12(7-5-11)10-22-15-13(19-17(22)23)14(18)20-16(21-15)25-9-8-24-2/h4-7H,3,8-10H2,1-2H3,(H,19,23)(H2,18,20,21). The van der Waals surface area contributed by atoms with Crippen LogP contribution < -0.4 is 16.2 Å². The Labute approximate surface area is 144 Å². The molecule has 0 aliphatic rings. The van der Waals surface area contributed by atoms with Gasteiger partial charge in [0.25, 0.3) is 0 Å². The summed E-state index contributed by atoms with van der Waals surface area (Å²) < 4.78 is 11.9. The van der Waals surface area contributed by atoms with E-state index in [9.17, 15) is 4.79 Å². The normalized spacial score (nSPS) is 11.1. The van der Waals surface area contributed by atoms with Crippen molar-refractivity contribution in [3.63, 3.8) is 0 Å². The zero-order valence-electron chi connectivity index (χ0n) is 14.3. The molecule has 25 heavy (non-hydrogen) atoms. The molecule has 3 rings (SSSR count). The van der Waals surface area contributed by atoms with Crippen LogP contribution in [0, 0.1) is 0 Å². The van der Waals surface area contributed by atoms with Crippen molar-refractivity contribution in [3.8, 4) is 6.01 Å². The molecule has 0 unspecified atom stereocenters. The van der Waals surface area contributed by atoms with Gasteiger partial charge >= 0.3 is 11.7 Å². The lowest BCUT2D eigenvalue weighted by atomic mass is 10.1. The number of rotatable bonds is 7. The van der Waals surface area contributed by atoms with E-state index >= 15 is 0 Å². The molecule has 0 radical (unpaired) electrons. The average molecular weight is 343 g/mol. The molecule has 0 spiro atoms. The third kappa shape index (κ3) is 3.63. The Balaban J connectivity index is 1.95. The molecule has 132 valence electrons. The van der Waals surface area contributed by atoms with E-state index in [0.717, 1.165) is 12.0 Å². The Bertz CT molecular complexity index is 914. The van der Waals surface area contributed by atoms with Gasteiger partial charge in [-0.15, -0.1) is 0 Å². The molecular weight excluding hydrogens is 322 g/mol. The molecule has 3 aromatic rings. The fourth-order valence-corrected chi connectivity index (χ4v) is 2.52. The van der Waals surface area contributed by atoms with Gasteiger partial charge in [-0.3, -0.25) is 4.57 Å². The van der Waals surface area contributed by atoms with Crippen LogP contribution in [-0.2, 0) is 17.7 Å². The lowest BCUT2D eigenvalue weighted by Crippen LogP contribution is -2.18. The number of fused-ring (bicyclic) bond motifs is 1. The van der Waals surface area contributed by atoms with E-state index in [1.54, 1.807) is 7.11 Å². The molecule has 2 aromatic heterocycles. The molecule has 0 saturated carbocycles. The fourth-order valence-electron chi connectivity index (χ4n) is 2.52. The number of nitrogens with one attached hydrogen (secondary N) is 1. The molecule has 1 aromatic carbocycles. The van der Waals surface area contributed by atoms with Crippen LogP contribution in [0.3, 0.4) is 0 Å². The fraction of sp³-hybridized carbons (Fsp3) is 0.353. The summed E-state index contributed by atoms with van der Waals surface area (Å²) >= 11 is 0. The second kappa shape index (κ2) is 7.35. The number of nitrogen functional groups attached to an aromatic ring is 1. The largest absolute Gasteiger partial charge is 0.461 e. The smallest absolute Gasteiger partial charge is 0.328 e. The van der Waals surface area contributed by atoms with Gasteiger partial charge in [-0.25, -0.2) is 4.79 Å². The number of aromatic amines is 1. The second-order valence-electron chi connectivity index (χ2n) is 5.62. The number of hydrogen-bond acceptors (Lipinski definition) is 6. The summed E-state index contributed by atoms with van der Waals surface area (Å²) in [6.07, 6.45) is 0.971. The van der Waals surface area contributed by atoms with Crippen LogP contribution >= 0.6 is 0 Å². The third-order valence-corrected chi connectivity index (χ3v) is 3.92. The highest BCUT2D eigenvalue weighted by atomic mass is 16.5. The van der Waals surface area contributed by atoms with Gasteiger partial charge in [0.15, 0.2) is 11.5 Å². The first-order chi connectivity index (χ1) is 12.1. The molecule has 0 fully saturated rings. The maximum Gasteiger partial charge on any atom is 0.328 e. The van der Waals surface area contributed by atoms with E-state index < -0.39 is 0 Å². The van der Waals surface area contributed by atoms with Crippen molar-refractivity contribution in [3.05, 3.63) is 45.9 Å². The number of hydrogen-bond donors (Lipinski definition) is 2. The lowest BCUT2D eigenvalue weighted by Gasteiger charge is -2.07. The highest BCUT2D eigenvalue weighted by Gasteiger charge is 2.15. The number of methoxy groups -OCH3 is 1. The van der Waals surface area contributed by atoms with Crippen LogP contribution in [0.1, 0.15) is 18.1 Å². The summed E-state index contributed by atoms with van der Waals surface area (Å²) in [6, 6.07) is 8.24. The van der Waals surface area contributed by atoms with Crippen molar-refractivity contribution in [2.75, 3.05) is 26.1 Å². The molecule has 0 aliphatic carbocycles. The topological polar surface area (TPSA) is 108 Å². The SMILES string of the molecule is CCc1ccc(Cn2c(=O)[nH]c3c(N)nc(OCCOC)nc32)cc1. The first-order valence-electron chi connectivity index (χ1n) is 8.08. The van der Waals surface area contributed by atoms with Crippen LogP contribution in [0.15, 0.2) is 29.1 Å². The van der Waals surface area contributed by atoms with E-state index in [1.807, 2.05) is 12.1 Å². The van der Waals surface area contributed by atoms with Gasteiger partial charge in [-0.2, -0.15) is 9.97 Å². The van der Waals surface area contributed by atoms with E-state index in [1.165, 1.54) is 10.1 Å². The van der Waals surface area contributed by atoms with E-state index in [4.69, 9.17) is 15.2 Å². The van der Waals surface area contributed by atoms with E-state index in [-0.39, 0.29) is 17.5 Å². The summed E-state index contributed by atoms with van der Waals surface area (Å²) in [7, 11) is 1.58. The van der Waals surface area contributed by atoms with Crippen LogP contribution in [0.2, 0.25) is 0 Å². The summed E-state index contributed by atoms with van der Waals surface area (Å²) in [5.41, 5.74) is 8.72. The van der Waals surface area contributed by atoms with Crippen molar-refractivity contribution in [2.24, 2.45) is 0 Å². The monoisotopic (exact) mass is 343 g/mol. The number of anilines is 1. The van der Waals surface area contributed by atoms with Crippen molar-refractivity contribution in [2.45, 2.75) is 19.9 Å². The maximum absolute atomic E-state index is 12.3. The van der Waals surface area contributed by atoms with Crippen LogP contribution in [0.4, 0.5) is 5.82 Å². The summed E-state index contributed by atoms with van der Waals surface area (Å²) in [6.45, 7) is 3.19. The summed E-state index contributed by atoms with van der Waals surface area (Å²) in [4.78, 5) is 23.4. The summed E-state index contributed by atoms with van der Waals surface area (Å²) in [5.74, 6) is 0.176. The van der Waals surface area contributed by atoms with Crippen molar-refractivity contribution >= 4 is 17.0 Å². The number of aryl methyl sites for hydroxylation is 1. The minimum atomic E-state index is -0.287. The van der Waals surface area contributed by atoms with E-state index in [2.05, 4.69) is 34.0 Å². The molecule has 8 heteroatoms.